The highest BCUT2D eigenvalue weighted by atomic mass is 32.2. The Hall–Kier alpha value is -5.61. The van der Waals surface area contributed by atoms with Crippen molar-refractivity contribution in [2.75, 3.05) is 170 Å². The van der Waals surface area contributed by atoms with Gasteiger partial charge in [-0.1, -0.05) is 25.7 Å². The second kappa shape index (κ2) is 52.4. The molecule has 5 aliphatic heterocycles. The largest absolute Gasteiger partial charge is 0.379 e. The highest BCUT2D eigenvalue weighted by molar-refractivity contribution is 8.00. The summed E-state index contributed by atoms with van der Waals surface area (Å²) < 4.78 is 50.8. The first-order chi connectivity index (χ1) is 49.3. The number of rotatable bonds is 61. The molecule has 0 bridgehead atoms. The van der Waals surface area contributed by atoms with Crippen LogP contribution in [-0.4, -0.2) is 264 Å². The molecular formula is C70H117N11O18S2. The molecule has 8 atom stereocenters. The van der Waals surface area contributed by atoms with Crippen LogP contribution in [0.5, 0.6) is 0 Å². The third-order valence-electron chi connectivity index (χ3n) is 17.7. The van der Waals surface area contributed by atoms with Gasteiger partial charge >= 0.3 is 12.1 Å². The van der Waals surface area contributed by atoms with E-state index in [-0.39, 0.29) is 96.2 Å². The lowest BCUT2D eigenvalue weighted by Gasteiger charge is -2.17. The Morgan fingerprint density at radius 2 is 0.723 bits per heavy atom. The van der Waals surface area contributed by atoms with E-state index in [0.29, 0.717) is 225 Å². The van der Waals surface area contributed by atoms with Crippen LogP contribution in [0.1, 0.15) is 166 Å². The van der Waals surface area contributed by atoms with Gasteiger partial charge in [0.1, 0.15) is 0 Å². The summed E-state index contributed by atoms with van der Waals surface area (Å²) in [6.45, 7) is 11.7. The lowest BCUT2D eigenvalue weighted by atomic mass is 9.97. The highest BCUT2D eigenvalue weighted by Gasteiger charge is 2.44. The zero-order valence-electron chi connectivity index (χ0n) is 59.5. The van der Waals surface area contributed by atoms with Crippen LogP contribution < -0.4 is 58.5 Å². The highest BCUT2D eigenvalue weighted by Crippen LogP contribution is 2.39. The van der Waals surface area contributed by atoms with Crippen molar-refractivity contribution in [2.45, 2.75) is 176 Å². The van der Waals surface area contributed by atoms with Crippen LogP contribution in [0.2, 0.25) is 0 Å². The van der Waals surface area contributed by atoms with Crippen molar-refractivity contribution in [1.29, 1.82) is 0 Å². The predicted octanol–water partition coefficient (Wildman–Crippen LogP) is 3.64. The van der Waals surface area contributed by atoms with Crippen molar-refractivity contribution in [1.82, 2.24) is 58.5 Å². The van der Waals surface area contributed by atoms with Gasteiger partial charge < -0.3 is 101 Å². The lowest BCUT2D eigenvalue weighted by Crippen LogP contribution is -2.36. The van der Waals surface area contributed by atoms with E-state index >= 15 is 0 Å². The zero-order chi connectivity index (χ0) is 71.8. The molecule has 5 heterocycles. The molecule has 29 nitrogen and oxygen atoms in total. The number of hydrogen-bond acceptors (Lipinski definition) is 20. The van der Waals surface area contributed by atoms with Gasteiger partial charge in [0.2, 0.25) is 23.6 Å². The van der Waals surface area contributed by atoms with Gasteiger partial charge in [0, 0.05) is 150 Å². The molecule has 0 saturated carbocycles. The number of ether oxygens (including phenoxy) is 9. The Balaban J connectivity index is 0.757. The average Bonchev–Trinajstić information content (AvgIpc) is 1.46. The molecule has 1 aromatic rings. The normalized spacial score (nSPS) is 20.3. The fraction of sp³-hybridized carbons (Fsp3) is 0.786. The van der Waals surface area contributed by atoms with Gasteiger partial charge in [0.05, 0.1) is 97.4 Å². The van der Waals surface area contributed by atoms with Crippen LogP contribution in [-0.2, 0) is 61.8 Å². The average molecular weight is 1460 g/mol. The summed E-state index contributed by atoms with van der Waals surface area (Å²) in [5.41, 5.74) is 0.446. The van der Waals surface area contributed by atoms with E-state index in [1.54, 1.807) is 0 Å². The van der Waals surface area contributed by atoms with E-state index in [0.717, 1.165) is 75.7 Å². The molecule has 8 unspecified atom stereocenters. The molecule has 0 aliphatic carbocycles. The number of hydrogen-bond donors (Lipinski definition) is 11. The molecule has 5 fully saturated rings. The van der Waals surface area contributed by atoms with Gasteiger partial charge in [-0.05, 0) is 114 Å². The van der Waals surface area contributed by atoms with Crippen LogP contribution >= 0.6 is 23.5 Å². The van der Waals surface area contributed by atoms with Gasteiger partial charge in [0.25, 0.3) is 17.7 Å². The van der Waals surface area contributed by atoms with E-state index in [4.69, 9.17) is 42.6 Å². The van der Waals surface area contributed by atoms with Crippen molar-refractivity contribution in [3.63, 3.8) is 0 Å². The number of benzene rings is 1. The molecule has 11 amide bonds. The Bertz CT molecular complexity index is 2490. The minimum atomic E-state index is -0.453. The molecule has 5 saturated heterocycles. The van der Waals surface area contributed by atoms with Crippen molar-refractivity contribution >= 4 is 76.9 Å². The maximum absolute atomic E-state index is 13.5. The van der Waals surface area contributed by atoms with Crippen molar-refractivity contribution < 1.29 is 85.8 Å². The van der Waals surface area contributed by atoms with Gasteiger partial charge in [-0.3, -0.25) is 33.6 Å². The Labute approximate surface area is 605 Å². The first kappa shape index (κ1) is 84.3. The number of amides is 11. The zero-order valence-corrected chi connectivity index (χ0v) is 61.2. The predicted molar refractivity (Wildman–Crippen MR) is 384 cm³/mol. The van der Waals surface area contributed by atoms with Gasteiger partial charge in [-0.25, -0.2) is 9.59 Å². The first-order valence-corrected chi connectivity index (χ1v) is 39.1. The molecule has 31 heteroatoms. The monoisotopic (exact) mass is 1460 g/mol. The summed E-state index contributed by atoms with van der Waals surface area (Å²) in [6.07, 6.45) is 14.9. The van der Waals surface area contributed by atoms with Crippen molar-refractivity contribution in [2.24, 2.45) is 5.92 Å². The lowest BCUT2D eigenvalue weighted by molar-refractivity contribution is -0.122. The van der Waals surface area contributed by atoms with E-state index in [1.165, 1.54) is 18.2 Å². The standard InChI is InChI=1S/C70H117N11O18S2/c1-51-56(78-69(89)77-51)15-3-2-4-18-60(82)71-21-9-27-91-33-39-97-42-36-94-30-12-24-74-66(86)52-45-53(67(87)75-25-13-31-95-37-43-98-40-34-92-28-10-22-72-61(83)19-7-5-16-58-64-55(49-100-58)48-63(85)80-64)47-54(46-52)68(88)76-26-14-32-96-38-44-99-41-35-93-29-11-23-73-62(84)20-8-6-17-59-65-57(50-101-59)79-70(90)81-65/h45-47,51,55-59,64-65H,2-44,48-50H2,1H3,(H,71,82)(H,72,83)(H,73,84)(H,74,86)(H,75,87)(H,76,88)(H,80,85)(H2,77,78,89)(H2,79,81,90). The summed E-state index contributed by atoms with van der Waals surface area (Å²) in [4.78, 5) is 112. The van der Waals surface area contributed by atoms with Crippen molar-refractivity contribution in [3.8, 4) is 0 Å². The fourth-order valence-electron chi connectivity index (χ4n) is 12.1. The number of carbonyl (C=O) groups is 9. The van der Waals surface area contributed by atoms with Gasteiger partial charge in [0.15, 0.2) is 0 Å². The van der Waals surface area contributed by atoms with Crippen molar-refractivity contribution in [3.05, 3.63) is 34.9 Å². The number of fused-ring (bicyclic) bond motifs is 2. The molecule has 11 N–H and O–H groups in total. The third-order valence-corrected chi connectivity index (χ3v) is 20.8. The second-order valence-electron chi connectivity index (χ2n) is 25.9. The Kier molecular flexibility index (Phi) is 43.7. The number of unbranched alkanes of at least 4 members (excludes halogenated alkanes) is 4. The molecule has 101 heavy (non-hydrogen) atoms. The van der Waals surface area contributed by atoms with Crippen LogP contribution in [0.3, 0.4) is 0 Å². The molecule has 1 aromatic carbocycles. The topological polar surface area (TPSA) is 369 Å². The van der Waals surface area contributed by atoms with Crippen LogP contribution in [0.25, 0.3) is 0 Å². The number of carbonyl (C=O) groups excluding carboxylic acids is 9. The molecule has 5 aliphatic rings. The number of urea groups is 2. The van der Waals surface area contributed by atoms with E-state index in [1.807, 2.05) is 30.4 Å². The van der Waals surface area contributed by atoms with Crippen LogP contribution in [0.15, 0.2) is 18.2 Å². The summed E-state index contributed by atoms with van der Waals surface area (Å²) in [6, 6.07) is 5.16. The van der Waals surface area contributed by atoms with Gasteiger partial charge in [-0.2, -0.15) is 23.5 Å². The Morgan fingerprint density at radius 3 is 1.12 bits per heavy atom. The maximum Gasteiger partial charge on any atom is 0.315 e. The second-order valence-corrected chi connectivity index (χ2v) is 28.4. The van der Waals surface area contributed by atoms with E-state index in [9.17, 15) is 43.2 Å². The molecular weight excluding hydrogens is 1350 g/mol. The minimum absolute atomic E-state index is 0.0292. The fourth-order valence-corrected chi connectivity index (χ4v) is 15.3. The Morgan fingerprint density at radius 1 is 0.376 bits per heavy atom. The molecule has 6 rings (SSSR count). The number of nitrogens with one attached hydrogen (secondary N) is 11. The molecule has 0 aromatic heterocycles. The summed E-state index contributed by atoms with van der Waals surface area (Å²) >= 11 is 3.83. The summed E-state index contributed by atoms with van der Waals surface area (Å²) in [5, 5.41) is 33.2. The SMILES string of the molecule is CC1NC(=O)NC1CCCCCC(=O)NCCCOCCOCCOCCCNC(=O)c1cc(C(=O)NCCCOCCOCCOCCCNC(=O)CCCCC2SCC3CC(=O)NC32)cc(C(=O)NCCCOCCOCCOCCCNC(=O)CCCCC2SCC3NC(=O)NC32)c1. The molecule has 572 valence electrons. The van der Waals surface area contributed by atoms with E-state index < -0.39 is 17.7 Å². The minimum Gasteiger partial charge on any atom is -0.379 e. The maximum atomic E-state index is 13.5. The third kappa shape index (κ3) is 36.6. The first-order valence-electron chi connectivity index (χ1n) is 37.0. The smallest absolute Gasteiger partial charge is 0.315 e. The van der Waals surface area contributed by atoms with Crippen LogP contribution in [0, 0.1) is 5.92 Å². The summed E-state index contributed by atoms with van der Waals surface area (Å²) in [5.74, 6) is 1.36. The molecule has 0 spiro atoms. The summed E-state index contributed by atoms with van der Waals surface area (Å²) in [7, 11) is 0. The number of thioether (sulfide) groups is 2. The molecule has 0 radical (unpaired) electrons. The quantitative estimate of drug-likeness (QED) is 0.0327. The van der Waals surface area contributed by atoms with Crippen LogP contribution in [0.4, 0.5) is 9.59 Å². The van der Waals surface area contributed by atoms with Gasteiger partial charge in [-0.15, -0.1) is 0 Å². The van der Waals surface area contributed by atoms with E-state index in [2.05, 4.69) is 58.5 Å².